The molecule has 1 aliphatic rings. The van der Waals surface area contributed by atoms with Crippen molar-refractivity contribution in [2.45, 2.75) is 12.8 Å². The molecule has 0 saturated carbocycles. The number of methoxy groups -OCH3 is 1. The molecule has 5 nitrogen and oxygen atoms in total. The van der Waals surface area contributed by atoms with Crippen molar-refractivity contribution in [1.29, 1.82) is 0 Å². The van der Waals surface area contributed by atoms with E-state index in [1.54, 1.807) is 25.6 Å². The molecule has 1 aliphatic heterocycles. The van der Waals surface area contributed by atoms with Gasteiger partial charge in [-0.2, -0.15) is 0 Å². The van der Waals surface area contributed by atoms with Crippen LogP contribution in [0.3, 0.4) is 0 Å². The molecule has 0 radical (unpaired) electrons. The van der Waals surface area contributed by atoms with Gasteiger partial charge in [-0.05, 0) is 74.3 Å². The summed E-state index contributed by atoms with van der Waals surface area (Å²) in [6, 6.07) is 10.4. The average molecular weight is 380 g/mol. The molecule has 1 saturated heterocycles. The minimum Gasteiger partial charge on any atom is -0.494 e. The minimum atomic E-state index is -0.250. The number of piperidine rings is 1. The summed E-state index contributed by atoms with van der Waals surface area (Å²) < 4.78 is 18.9. The number of anilines is 1. The van der Waals surface area contributed by atoms with Gasteiger partial charge in [0.05, 0.1) is 7.11 Å². The zero-order valence-corrected chi connectivity index (χ0v) is 16.3. The van der Waals surface area contributed by atoms with Crippen LogP contribution in [0.15, 0.2) is 42.7 Å². The Bertz CT molecular complexity index is 953. The third kappa shape index (κ3) is 3.92. The molecule has 2 aromatic carbocycles. The number of hydrogen-bond acceptors (Lipinski definition) is 5. The summed E-state index contributed by atoms with van der Waals surface area (Å²) in [7, 11) is 3.81. The molecule has 0 atom stereocenters. The topological polar surface area (TPSA) is 50.3 Å². The number of hydrogen-bond donors (Lipinski definition) is 1. The molecule has 1 aromatic heterocycles. The van der Waals surface area contributed by atoms with E-state index in [0.29, 0.717) is 11.7 Å². The van der Waals surface area contributed by atoms with E-state index >= 15 is 0 Å². The number of ether oxygens (including phenoxy) is 1. The lowest BCUT2D eigenvalue weighted by molar-refractivity contribution is 0.226. The van der Waals surface area contributed by atoms with Gasteiger partial charge in [0.25, 0.3) is 0 Å². The molecule has 0 aliphatic carbocycles. The van der Waals surface area contributed by atoms with Crippen LogP contribution >= 0.6 is 0 Å². The summed E-state index contributed by atoms with van der Waals surface area (Å²) in [6.07, 6.45) is 3.95. The lowest BCUT2D eigenvalue weighted by atomic mass is 9.97. The lowest BCUT2D eigenvalue weighted by Gasteiger charge is -2.29. The first-order valence-electron chi connectivity index (χ1n) is 9.65. The van der Waals surface area contributed by atoms with Crippen molar-refractivity contribution in [2.75, 3.05) is 39.1 Å². The highest BCUT2D eigenvalue weighted by atomic mass is 19.1. The van der Waals surface area contributed by atoms with Gasteiger partial charge >= 0.3 is 0 Å². The van der Waals surface area contributed by atoms with Gasteiger partial charge in [-0.3, -0.25) is 0 Å². The van der Waals surface area contributed by atoms with Crippen molar-refractivity contribution in [3.8, 4) is 16.9 Å². The Hall–Kier alpha value is -2.73. The monoisotopic (exact) mass is 380 g/mol. The van der Waals surface area contributed by atoms with Crippen LogP contribution in [0, 0.1) is 11.7 Å². The number of fused-ring (bicyclic) bond motifs is 1. The molecule has 0 bridgehead atoms. The predicted molar refractivity (Wildman–Crippen MR) is 110 cm³/mol. The molecule has 146 valence electrons. The van der Waals surface area contributed by atoms with Crippen molar-refractivity contribution in [1.82, 2.24) is 14.9 Å². The third-order valence-electron chi connectivity index (χ3n) is 5.50. The third-order valence-corrected chi connectivity index (χ3v) is 5.50. The average Bonchev–Trinajstić information content (AvgIpc) is 2.73. The SMILES string of the molecule is COc1cc(-c2ccc(F)cc2)cc2c(NCC3CCN(C)CC3)ncnc12. The zero-order chi connectivity index (χ0) is 19.5. The molecule has 1 N–H and O–H groups in total. The molecular formula is C22H25FN4O. The highest BCUT2D eigenvalue weighted by Gasteiger charge is 2.18. The first kappa shape index (κ1) is 18.6. The Morgan fingerprint density at radius 1 is 1.11 bits per heavy atom. The van der Waals surface area contributed by atoms with Gasteiger partial charge in [0.15, 0.2) is 0 Å². The van der Waals surface area contributed by atoms with E-state index in [0.717, 1.165) is 47.5 Å². The van der Waals surface area contributed by atoms with Gasteiger partial charge in [-0.1, -0.05) is 12.1 Å². The minimum absolute atomic E-state index is 0.250. The van der Waals surface area contributed by atoms with Crippen molar-refractivity contribution >= 4 is 16.7 Å². The molecule has 0 amide bonds. The van der Waals surface area contributed by atoms with Gasteiger partial charge in [0, 0.05) is 11.9 Å². The zero-order valence-electron chi connectivity index (χ0n) is 16.3. The van der Waals surface area contributed by atoms with Crippen LogP contribution in [0.25, 0.3) is 22.0 Å². The highest BCUT2D eigenvalue weighted by molar-refractivity contribution is 5.96. The normalized spacial score (nSPS) is 15.7. The lowest BCUT2D eigenvalue weighted by Crippen LogP contribution is -2.33. The van der Waals surface area contributed by atoms with Crippen LogP contribution in [0.5, 0.6) is 5.75 Å². The number of aromatic nitrogens is 2. The second kappa shape index (κ2) is 8.10. The highest BCUT2D eigenvalue weighted by Crippen LogP contribution is 2.34. The van der Waals surface area contributed by atoms with Crippen LogP contribution in [-0.2, 0) is 0 Å². The van der Waals surface area contributed by atoms with Crippen molar-refractivity contribution in [3.05, 3.63) is 48.5 Å². The van der Waals surface area contributed by atoms with Crippen LogP contribution in [0.1, 0.15) is 12.8 Å². The summed E-state index contributed by atoms with van der Waals surface area (Å²) in [5.74, 6) is 1.89. The van der Waals surface area contributed by atoms with Gasteiger partial charge in [0.2, 0.25) is 0 Å². The predicted octanol–water partition coefficient (Wildman–Crippen LogP) is 4.20. The second-order valence-electron chi connectivity index (χ2n) is 7.43. The van der Waals surface area contributed by atoms with Gasteiger partial charge in [-0.15, -0.1) is 0 Å². The molecule has 0 unspecified atom stereocenters. The fraction of sp³-hybridized carbons (Fsp3) is 0.364. The van der Waals surface area contributed by atoms with E-state index < -0.39 is 0 Å². The number of rotatable bonds is 5. The van der Waals surface area contributed by atoms with Crippen molar-refractivity contribution in [2.24, 2.45) is 5.92 Å². The number of benzene rings is 2. The molecule has 28 heavy (non-hydrogen) atoms. The Kier molecular flexibility index (Phi) is 5.39. The van der Waals surface area contributed by atoms with Crippen molar-refractivity contribution in [3.63, 3.8) is 0 Å². The largest absolute Gasteiger partial charge is 0.494 e. The Labute approximate surface area is 164 Å². The van der Waals surface area contributed by atoms with Crippen LogP contribution in [0.2, 0.25) is 0 Å². The molecule has 3 aromatic rings. The van der Waals surface area contributed by atoms with Crippen molar-refractivity contribution < 1.29 is 9.13 Å². The summed E-state index contributed by atoms with van der Waals surface area (Å²) in [5, 5.41) is 4.44. The first-order valence-corrected chi connectivity index (χ1v) is 9.65. The van der Waals surface area contributed by atoms with Crippen LogP contribution in [-0.4, -0.2) is 48.7 Å². The van der Waals surface area contributed by atoms with E-state index in [-0.39, 0.29) is 5.82 Å². The number of halogens is 1. The van der Waals surface area contributed by atoms with E-state index in [4.69, 9.17) is 4.74 Å². The maximum atomic E-state index is 13.3. The summed E-state index contributed by atoms with van der Waals surface area (Å²) >= 11 is 0. The smallest absolute Gasteiger partial charge is 0.145 e. The summed E-state index contributed by atoms with van der Waals surface area (Å²) in [5.41, 5.74) is 2.64. The molecular weight excluding hydrogens is 355 g/mol. The number of nitrogens with zero attached hydrogens (tertiary/aromatic N) is 3. The van der Waals surface area contributed by atoms with E-state index in [2.05, 4.69) is 27.2 Å². The second-order valence-corrected chi connectivity index (χ2v) is 7.43. The molecule has 6 heteroatoms. The molecule has 0 spiro atoms. The maximum Gasteiger partial charge on any atom is 0.145 e. The fourth-order valence-electron chi connectivity index (χ4n) is 3.75. The number of nitrogens with one attached hydrogen (secondary N) is 1. The van der Waals surface area contributed by atoms with Gasteiger partial charge in [0.1, 0.15) is 29.2 Å². The molecule has 4 rings (SSSR count). The summed E-state index contributed by atoms with van der Waals surface area (Å²) in [4.78, 5) is 11.3. The first-order chi connectivity index (χ1) is 13.6. The van der Waals surface area contributed by atoms with E-state index in [1.165, 1.54) is 25.0 Å². The summed E-state index contributed by atoms with van der Waals surface area (Å²) in [6.45, 7) is 3.17. The molecule has 1 fully saturated rings. The Morgan fingerprint density at radius 2 is 1.86 bits per heavy atom. The Balaban J connectivity index is 1.66. The Morgan fingerprint density at radius 3 is 2.57 bits per heavy atom. The molecule has 2 heterocycles. The quantitative estimate of drug-likeness (QED) is 0.719. The van der Waals surface area contributed by atoms with Crippen LogP contribution in [0.4, 0.5) is 10.2 Å². The maximum absolute atomic E-state index is 13.3. The van der Waals surface area contributed by atoms with Crippen LogP contribution < -0.4 is 10.1 Å². The van der Waals surface area contributed by atoms with Gasteiger partial charge in [-0.25, -0.2) is 14.4 Å². The fourth-order valence-corrected chi connectivity index (χ4v) is 3.75. The van der Waals surface area contributed by atoms with Gasteiger partial charge < -0.3 is 15.0 Å². The van der Waals surface area contributed by atoms with E-state index in [9.17, 15) is 4.39 Å². The standard InChI is InChI=1S/C22H25FN4O/c1-27-9-7-15(8-10-27)13-24-22-19-11-17(16-3-5-18(23)6-4-16)12-20(28-2)21(19)25-14-26-22/h3-6,11-12,14-15H,7-10,13H2,1-2H3,(H,24,25,26). The number of likely N-dealkylation sites (tertiary alicyclic amines) is 1. The van der Waals surface area contributed by atoms with E-state index in [1.807, 2.05) is 12.1 Å².